The summed E-state index contributed by atoms with van der Waals surface area (Å²) < 4.78 is 7.72. The first-order chi connectivity index (χ1) is 12.8. The lowest BCUT2D eigenvalue weighted by atomic mass is 10.2. The van der Waals surface area contributed by atoms with Crippen molar-refractivity contribution < 1.29 is 9.53 Å². The van der Waals surface area contributed by atoms with Gasteiger partial charge in [-0.2, -0.15) is 0 Å². The summed E-state index contributed by atoms with van der Waals surface area (Å²) in [5, 5.41) is 2.95. The number of imidazole rings is 1. The highest BCUT2D eigenvalue weighted by atomic mass is 16.5. The SMILES string of the molecule is CCOCCn1c(CCCNC(=O)c2ccncc2)nc2ccccc21. The molecule has 1 amide bonds. The summed E-state index contributed by atoms with van der Waals surface area (Å²) in [5.41, 5.74) is 2.76. The summed E-state index contributed by atoms with van der Waals surface area (Å²) in [7, 11) is 0. The van der Waals surface area contributed by atoms with Crippen LogP contribution in [0.15, 0.2) is 48.8 Å². The van der Waals surface area contributed by atoms with E-state index >= 15 is 0 Å². The fourth-order valence-electron chi connectivity index (χ4n) is 2.92. The molecule has 2 aromatic heterocycles. The Hall–Kier alpha value is -2.73. The van der Waals surface area contributed by atoms with E-state index in [9.17, 15) is 4.79 Å². The maximum absolute atomic E-state index is 12.1. The topological polar surface area (TPSA) is 69.0 Å². The Labute approximate surface area is 153 Å². The van der Waals surface area contributed by atoms with Gasteiger partial charge < -0.3 is 14.6 Å². The number of amides is 1. The molecule has 0 spiro atoms. The molecule has 0 aliphatic heterocycles. The number of para-hydroxylation sites is 2. The van der Waals surface area contributed by atoms with E-state index in [0.29, 0.717) is 25.3 Å². The molecular formula is C20H24N4O2. The van der Waals surface area contributed by atoms with E-state index < -0.39 is 0 Å². The maximum Gasteiger partial charge on any atom is 0.251 e. The number of nitrogens with one attached hydrogen (secondary N) is 1. The van der Waals surface area contributed by atoms with Crippen LogP contribution in [0.4, 0.5) is 0 Å². The minimum atomic E-state index is -0.0720. The number of aryl methyl sites for hydroxylation is 1. The molecule has 0 radical (unpaired) electrons. The first-order valence-electron chi connectivity index (χ1n) is 8.99. The van der Waals surface area contributed by atoms with Crippen molar-refractivity contribution in [3.8, 4) is 0 Å². The molecule has 0 aliphatic rings. The second-order valence-electron chi connectivity index (χ2n) is 5.96. The average molecular weight is 352 g/mol. The van der Waals surface area contributed by atoms with Crippen LogP contribution in [0.2, 0.25) is 0 Å². The number of pyridine rings is 1. The molecule has 0 atom stereocenters. The summed E-state index contributed by atoms with van der Waals surface area (Å²) >= 11 is 0. The van der Waals surface area contributed by atoms with Crippen molar-refractivity contribution >= 4 is 16.9 Å². The normalized spacial score (nSPS) is 11.0. The summed E-state index contributed by atoms with van der Waals surface area (Å²) in [6.07, 6.45) is 4.87. The largest absolute Gasteiger partial charge is 0.380 e. The molecule has 3 aromatic rings. The van der Waals surface area contributed by atoms with Crippen molar-refractivity contribution in [2.75, 3.05) is 19.8 Å². The lowest BCUT2D eigenvalue weighted by Crippen LogP contribution is -2.25. The Kier molecular flexibility index (Phi) is 6.33. The lowest BCUT2D eigenvalue weighted by molar-refractivity contribution is 0.0953. The zero-order chi connectivity index (χ0) is 18.2. The summed E-state index contributed by atoms with van der Waals surface area (Å²) in [6.45, 7) is 4.77. The third-order valence-corrected chi connectivity index (χ3v) is 4.20. The Balaban J connectivity index is 1.59. The molecule has 6 nitrogen and oxygen atoms in total. The van der Waals surface area contributed by atoms with Gasteiger partial charge in [0.2, 0.25) is 0 Å². The van der Waals surface area contributed by atoms with Crippen LogP contribution in [0.3, 0.4) is 0 Å². The van der Waals surface area contributed by atoms with Crippen molar-refractivity contribution in [2.45, 2.75) is 26.3 Å². The molecule has 0 saturated carbocycles. The number of aromatic nitrogens is 3. The number of ether oxygens (including phenoxy) is 1. The number of carbonyl (C=O) groups excluding carboxylic acids is 1. The highest BCUT2D eigenvalue weighted by Gasteiger charge is 2.10. The Morgan fingerprint density at radius 3 is 2.81 bits per heavy atom. The minimum absolute atomic E-state index is 0.0720. The van der Waals surface area contributed by atoms with E-state index in [0.717, 1.165) is 36.2 Å². The summed E-state index contributed by atoms with van der Waals surface area (Å²) in [4.78, 5) is 20.7. The van der Waals surface area contributed by atoms with Gasteiger partial charge in [0.1, 0.15) is 5.82 Å². The number of nitrogens with zero attached hydrogens (tertiary/aromatic N) is 3. The van der Waals surface area contributed by atoms with Gasteiger partial charge in [-0.3, -0.25) is 9.78 Å². The third-order valence-electron chi connectivity index (χ3n) is 4.20. The number of hydrogen-bond acceptors (Lipinski definition) is 4. The number of hydrogen-bond donors (Lipinski definition) is 1. The standard InChI is InChI=1S/C20H24N4O2/c1-2-26-15-14-24-18-7-4-3-6-17(18)23-19(24)8-5-11-22-20(25)16-9-12-21-13-10-16/h3-4,6-7,9-10,12-13H,2,5,8,11,14-15H2,1H3,(H,22,25). The number of rotatable bonds is 9. The van der Waals surface area contributed by atoms with Gasteiger partial charge in [0.25, 0.3) is 5.91 Å². The molecule has 0 aliphatic carbocycles. The monoisotopic (exact) mass is 352 g/mol. The van der Waals surface area contributed by atoms with Gasteiger partial charge in [0, 0.05) is 44.1 Å². The van der Waals surface area contributed by atoms with Gasteiger partial charge >= 0.3 is 0 Å². The van der Waals surface area contributed by atoms with Crippen molar-refractivity contribution in [2.24, 2.45) is 0 Å². The van der Waals surface area contributed by atoms with Crippen molar-refractivity contribution in [3.05, 3.63) is 60.2 Å². The average Bonchev–Trinajstić information content (AvgIpc) is 3.03. The Morgan fingerprint density at radius 1 is 1.19 bits per heavy atom. The van der Waals surface area contributed by atoms with Crippen LogP contribution < -0.4 is 5.32 Å². The first kappa shape index (κ1) is 18.1. The third kappa shape index (κ3) is 4.46. The molecule has 1 aromatic carbocycles. The summed E-state index contributed by atoms with van der Waals surface area (Å²) in [6, 6.07) is 11.6. The van der Waals surface area contributed by atoms with Crippen LogP contribution in [0.1, 0.15) is 29.5 Å². The molecule has 3 rings (SSSR count). The van der Waals surface area contributed by atoms with Gasteiger partial charge in [0.05, 0.1) is 17.6 Å². The molecule has 0 unspecified atom stereocenters. The van der Waals surface area contributed by atoms with Gasteiger partial charge in [0.15, 0.2) is 0 Å². The maximum atomic E-state index is 12.1. The van der Waals surface area contributed by atoms with Crippen LogP contribution in [0, 0.1) is 0 Å². The number of benzene rings is 1. The van der Waals surface area contributed by atoms with Crippen molar-refractivity contribution in [1.29, 1.82) is 0 Å². The van der Waals surface area contributed by atoms with Gasteiger partial charge in [-0.25, -0.2) is 4.98 Å². The molecular weight excluding hydrogens is 328 g/mol. The van der Waals surface area contributed by atoms with E-state index in [1.165, 1.54) is 0 Å². The molecule has 1 N–H and O–H groups in total. The molecule has 0 bridgehead atoms. The van der Waals surface area contributed by atoms with Crippen LogP contribution >= 0.6 is 0 Å². The quantitative estimate of drug-likeness (QED) is 0.601. The van der Waals surface area contributed by atoms with Crippen LogP contribution in [0.5, 0.6) is 0 Å². The van der Waals surface area contributed by atoms with Gasteiger partial charge in [-0.1, -0.05) is 12.1 Å². The smallest absolute Gasteiger partial charge is 0.251 e. The van der Waals surface area contributed by atoms with E-state index in [1.54, 1.807) is 24.5 Å². The zero-order valence-corrected chi connectivity index (χ0v) is 15.0. The van der Waals surface area contributed by atoms with E-state index in [2.05, 4.69) is 20.9 Å². The molecule has 136 valence electrons. The van der Waals surface area contributed by atoms with Crippen LogP contribution in [-0.2, 0) is 17.7 Å². The van der Waals surface area contributed by atoms with Crippen molar-refractivity contribution in [3.63, 3.8) is 0 Å². The van der Waals surface area contributed by atoms with E-state index in [-0.39, 0.29) is 5.91 Å². The van der Waals surface area contributed by atoms with E-state index in [4.69, 9.17) is 9.72 Å². The lowest BCUT2D eigenvalue weighted by Gasteiger charge is -2.10. The van der Waals surface area contributed by atoms with Gasteiger partial charge in [-0.05, 0) is 37.6 Å². The van der Waals surface area contributed by atoms with Gasteiger partial charge in [-0.15, -0.1) is 0 Å². The molecule has 6 heteroatoms. The predicted octanol–water partition coefficient (Wildman–Crippen LogP) is 2.83. The predicted molar refractivity (Wildman–Crippen MR) is 101 cm³/mol. The fraction of sp³-hybridized carbons (Fsp3) is 0.350. The zero-order valence-electron chi connectivity index (χ0n) is 15.0. The second kappa shape index (κ2) is 9.10. The van der Waals surface area contributed by atoms with Crippen molar-refractivity contribution in [1.82, 2.24) is 19.9 Å². The molecule has 0 saturated heterocycles. The molecule has 0 fully saturated rings. The fourth-order valence-corrected chi connectivity index (χ4v) is 2.92. The van der Waals surface area contributed by atoms with Crippen LogP contribution in [0.25, 0.3) is 11.0 Å². The van der Waals surface area contributed by atoms with Crippen LogP contribution in [-0.4, -0.2) is 40.2 Å². The summed E-state index contributed by atoms with van der Waals surface area (Å²) in [5.74, 6) is 0.960. The minimum Gasteiger partial charge on any atom is -0.380 e. The highest BCUT2D eigenvalue weighted by molar-refractivity contribution is 5.93. The number of carbonyl (C=O) groups is 1. The van der Waals surface area contributed by atoms with E-state index in [1.807, 2.05) is 25.1 Å². The molecule has 26 heavy (non-hydrogen) atoms. The Bertz CT molecular complexity index is 845. The molecule has 2 heterocycles. The first-order valence-corrected chi connectivity index (χ1v) is 8.99. The second-order valence-corrected chi connectivity index (χ2v) is 5.96. The Morgan fingerprint density at radius 2 is 2.00 bits per heavy atom. The highest BCUT2D eigenvalue weighted by Crippen LogP contribution is 2.17. The number of fused-ring (bicyclic) bond motifs is 1.